The summed E-state index contributed by atoms with van der Waals surface area (Å²) in [5.74, 6) is 0.890. The Labute approximate surface area is 153 Å². The van der Waals surface area contributed by atoms with Crippen LogP contribution in [-0.4, -0.2) is 20.9 Å². The van der Waals surface area contributed by atoms with Gasteiger partial charge in [0.05, 0.1) is 22.8 Å². The molecule has 3 heterocycles. The van der Waals surface area contributed by atoms with Gasteiger partial charge in [-0.3, -0.25) is 9.78 Å². The fourth-order valence-corrected chi connectivity index (χ4v) is 3.13. The van der Waals surface area contributed by atoms with E-state index in [4.69, 9.17) is 4.74 Å². The van der Waals surface area contributed by atoms with Gasteiger partial charge >= 0.3 is 0 Å². The normalized spacial score (nSPS) is 10.7. The fraction of sp³-hybridized carbons (Fsp3) is 0.0526. The minimum atomic E-state index is -0.278. The zero-order valence-electron chi connectivity index (χ0n) is 13.8. The molecular formula is C19H14N4O2S. The van der Waals surface area contributed by atoms with E-state index in [1.165, 1.54) is 11.3 Å². The lowest BCUT2D eigenvalue weighted by molar-refractivity contribution is 0.102. The minimum absolute atomic E-state index is 0.278. The van der Waals surface area contributed by atoms with E-state index < -0.39 is 0 Å². The summed E-state index contributed by atoms with van der Waals surface area (Å²) in [4.78, 5) is 24.9. The number of benzene rings is 1. The van der Waals surface area contributed by atoms with E-state index >= 15 is 0 Å². The first-order valence-corrected chi connectivity index (χ1v) is 8.71. The van der Waals surface area contributed by atoms with Gasteiger partial charge < -0.3 is 10.1 Å². The summed E-state index contributed by atoms with van der Waals surface area (Å²) < 4.78 is 6.60. The molecule has 0 radical (unpaired) electrons. The van der Waals surface area contributed by atoms with Crippen LogP contribution in [0.15, 0.2) is 61.1 Å². The smallest absolute Gasteiger partial charge is 0.284 e. The van der Waals surface area contributed by atoms with Crippen LogP contribution in [0.1, 0.15) is 15.4 Å². The zero-order valence-corrected chi connectivity index (χ0v) is 14.7. The van der Waals surface area contributed by atoms with Gasteiger partial charge in [-0.2, -0.15) is 0 Å². The molecule has 0 spiro atoms. The maximum absolute atomic E-state index is 12.3. The molecule has 0 saturated carbocycles. The minimum Gasteiger partial charge on any atom is -0.439 e. The van der Waals surface area contributed by atoms with Gasteiger partial charge in [-0.15, -0.1) is 11.3 Å². The highest BCUT2D eigenvalue weighted by Crippen LogP contribution is 2.23. The van der Waals surface area contributed by atoms with Crippen LogP contribution in [0, 0.1) is 6.92 Å². The molecule has 26 heavy (non-hydrogen) atoms. The van der Waals surface area contributed by atoms with Crippen LogP contribution in [-0.2, 0) is 0 Å². The molecule has 1 aromatic carbocycles. The quantitative estimate of drug-likeness (QED) is 0.581. The van der Waals surface area contributed by atoms with Gasteiger partial charge in [0.1, 0.15) is 11.3 Å². The van der Waals surface area contributed by atoms with Crippen LogP contribution < -0.4 is 10.1 Å². The topological polar surface area (TPSA) is 77.0 Å². The Kier molecular flexibility index (Phi) is 4.28. The van der Waals surface area contributed by atoms with Crippen LogP contribution in [0.2, 0.25) is 0 Å². The Bertz CT molecular complexity index is 1030. The summed E-state index contributed by atoms with van der Waals surface area (Å²) >= 11 is 1.32. The molecule has 0 aliphatic carbocycles. The highest BCUT2D eigenvalue weighted by molar-refractivity contribution is 7.20. The number of anilines is 1. The molecule has 128 valence electrons. The first-order valence-electron chi connectivity index (χ1n) is 7.90. The van der Waals surface area contributed by atoms with E-state index in [2.05, 4.69) is 20.3 Å². The number of hydrogen-bond acceptors (Lipinski definition) is 6. The van der Waals surface area contributed by atoms with Crippen molar-refractivity contribution in [2.24, 2.45) is 0 Å². The maximum atomic E-state index is 12.3. The van der Waals surface area contributed by atoms with Gasteiger partial charge in [-0.25, -0.2) is 9.97 Å². The number of pyridine rings is 2. The number of carbonyl (C=O) groups is 1. The monoisotopic (exact) mass is 362 g/mol. The van der Waals surface area contributed by atoms with E-state index in [0.29, 0.717) is 27.8 Å². The average Bonchev–Trinajstić information content (AvgIpc) is 3.10. The summed E-state index contributed by atoms with van der Waals surface area (Å²) in [5.41, 5.74) is 2.44. The largest absolute Gasteiger partial charge is 0.439 e. The number of ether oxygens (including phenoxy) is 1. The molecule has 0 fully saturated rings. The number of thiazole rings is 1. The van der Waals surface area contributed by atoms with Crippen LogP contribution in [0.3, 0.4) is 0 Å². The molecule has 4 rings (SSSR count). The standard InChI is InChI=1S/C19H14N4O2S/c1-12-2-5-14(6-3-12)25-17-7-4-13(10-21-17)22-18(24)19-23-15-11-20-9-8-16(15)26-19/h2-11H,1H3,(H,22,24). The second-order valence-corrected chi connectivity index (χ2v) is 6.65. The van der Waals surface area contributed by atoms with Crippen LogP contribution >= 0.6 is 11.3 Å². The molecule has 0 aliphatic rings. The summed E-state index contributed by atoms with van der Waals surface area (Å²) in [5, 5.41) is 3.17. The number of carbonyl (C=O) groups excluding carboxylic acids is 1. The molecule has 4 aromatic rings. The van der Waals surface area contributed by atoms with Crippen molar-refractivity contribution in [2.45, 2.75) is 6.92 Å². The summed E-state index contributed by atoms with van der Waals surface area (Å²) in [6.45, 7) is 2.02. The highest BCUT2D eigenvalue weighted by atomic mass is 32.1. The number of nitrogens with zero attached hydrogens (tertiary/aromatic N) is 3. The van der Waals surface area contributed by atoms with E-state index in [0.717, 1.165) is 10.3 Å². The van der Waals surface area contributed by atoms with Crippen molar-refractivity contribution >= 4 is 33.1 Å². The number of nitrogens with one attached hydrogen (secondary N) is 1. The summed E-state index contributed by atoms with van der Waals surface area (Å²) in [7, 11) is 0. The molecule has 0 saturated heterocycles. The predicted octanol–water partition coefficient (Wildman–Crippen LogP) is 4.44. The molecule has 1 N–H and O–H groups in total. The van der Waals surface area contributed by atoms with Crippen molar-refractivity contribution in [1.29, 1.82) is 0 Å². The van der Waals surface area contributed by atoms with Crippen LogP contribution in [0.25, 0.3) is 10.2 Å². The Hall–Kier alpha value is -3.32. The van der Waals surface area contributed by atoms with E-state index in [9.17, 15) is 4.79 Å². The first kappa shape index (κ1) is 16.2. The average molecular weight is 362 g/mol. The maximum Gasteiger partial charge on any atom is 0.284 e. The Morgan fingerprint density at radius 1 is 1.08 bits per heavy atom. The number of aryl methyl sites for hydroxylation is 1. The predicted molar refractivity (Wildman–Crippen MR) is 101 cm³/mol. The third-order valence-electron chi connectivity index (χ3n) is 3.62. The Balaban J connectivity index is 1.44. The lowest BCUT2D eigenvalue weighted by Gasteiger charge is -2.06. The third-order valence-corrected chi connectivity index (χ3v) is 4.66. The second-order valence-electron chi connectivity index (χ2n) is 5.62. The number of hydrogen-bond donors (Lipinski definition) is 1. The van der Waals surface area contributed by atoms with Gasteiger partial charge in [-0.1, -0.05) is 17.7 Å². The molecule has 3 aromatic heterocycles. The summed E-state index contributed by atoms with van der Waals surface area (Å²) in [6.07, 6.45) is 4.87. The molecule has 0 unspecified atom stereocenters. The fourth-order valence-electron chi connectivity index (χ4n) is 2.30. The SMILES string of the molecule is Cc1ccc(Oc2ccc(NC(=O)c3nc4cnccc4s3)cn2)cc1. The van der Waals surface area contributed by atoms with Crippen molar-refractivity contribution in [1.82, 2.24) is 15.0 Å². The highest BCUT2D eigenvalue weighted by Gasteiger charge is 2.12. The van der Waals surface area contributed by atoms with E-state index in [-0.39, 0.29) is 5.91 Å². The third kappa shape index (κ3) is 3.52. The molecule has 0 aliphatic heterocycles. The molecule has 0 atom stereocenters. The molecule has 7 heteroatoms. The number of rotatable bonds is 4. The lowest BCUT2D eigenvalue weighted by Crippen LogP contribution is -2.11. The summed E-state index contributed by atoms with van der Waals surface area (Å²) in [6, 6.07) is 13.0. The van der Waals surface area contributed by atoms with Crippen molar-refractivity contribution < 1.29 is 9.53 Å². The van der Waals surface area contributed by atoms with Crippen molar-refractivity contribution in [2.75, 3.05) is 5.32 Å². The van der Waals surface area contributed by atoms with Crippen LogP contribution in [0.5, 0.6) is 11.6 Å². The van der Waals surface area contributed by atoms with Crippen molar-refractivity contribution in [3.63, 3.8) is 0 Å². The van der Waals surface area contributed by atoms with E-state index in [1.54, 1.807) is 30.7 Å². The second kappa shape index (κ2) is 6.89. The van der Waals surface area contributed by atoms with Crippen LogP contribution in [0.4, 0.5) is 5.69 Å². The number of fused-ring (bicyclic) bond motifs is 1. The van der Waals surface area contributed by atoms with Gasteiger partial charge in [0.15, 0.2) is 5.01 Å². The lowest BCUT2D eigenvalue weighted by atomic mass is 10.2. The Morgan fingerprint density at radius 2 is 1.92 bits per heavy atom. The van der Waals surface area contributed by atoms with Gasteiger partial charge in [0.25, 0.3) is 5.91 Å². The van der Waals surface area contributed by atoms with Crippen molar-refractivity contribution in [3.05, 3.63) is 71.6 Å². The molecule has 6 nitrogen and oxygen atoms in total. The van der Waals surface area contributed by atoms with Gasteiger partial charge in [0.2, 0.25) is 5.88 Å². The Morgan fingerprint density at radius 3 is 2.65 bits per heavy atom. The number of amides is 1. The molecule has 0 bridgehead atoms. The van der Waals surface area contributed by atoms with E-state index in [1.807, 2.05) is 37.3 Å². The zero-order chi connectivity index (χ0) is 17.9. The molecular weight excluding hydrogens is 348 g/mol. The molecule has 1 amide bonds. The van der Waals surface area contributed by atoms with Gasteiger partial charge in [0, 0.05) is 12.3 Å². The number of aromatic nitrogens is 3. The van der Waals surface area contributed by atoms with Crippen molar-refractivity contribution in [3.8, 4) is 11.6 Å². The van der Waals surface area contributed by atoms with Gasteiger partial charge in [-0.05, 0) is 31.2 Å². The first-order chi connectivity index (χ1) is 12.7.